The van der Waals surface area contributed by atoms with E-state index >= 15 is 0 Å². The largest absolute Gasteiger partial charge is 0.326 e. The molecule has 0 heterocycles. The van der Waals surface area contributed by atoms with Gasteiger partial charge in [-0.15, -0.1) is 11.8 Å². The molecule has 0 bridgehead atoms. The van der Waals surface area contributed by atoms with Crippen LogP contribution in [0.5, 0.6) is 0 Å². The van der Waals surface area contributed by atoms with E-state index in [4.69, 9.17) is 0 Å². The molecule has 0 radical (unpaired) electrons. The van der Waals surface area contributed by atoms with E-state index in [0.717, 1.165) is 24.3 Å². The molecule has 2 rings (SSSR count). The van der Waals surface area contributed by atoms with E-state index < -0.39 is 0 Å². The molecule has 0 aliphatic rings. The molecular weight excluding hydrogens is 278 g/mol. The molecule has 110 valence electrons. The van der Waals surface area contributed by atoms with Crippen LogP contribution in [0.15, 0.2) is 59.5 Å². The van der Waals surface area contributed by atoms with Gasteiger partial charge in [0.25, 0.3) is 0 Å². The molecule has 3 heteroatoms. The maximum atomic E-state index is 11.7. The van der Waals surface area contributed by atoms with E-state index in [-0.39, 0.29) is 5.91 Å². The van der Waals surface area contributed by atoms with Gasteiger partial charge in [0.2, 0.25) is 5.91 Å². The zero-order valence-electron chi connectivity index (χ0n) is 12.3. The molecule has 1 N–H and O–H groups in total. The third kappa shape index (κ3) is 5.64. The van der Waals surface area contributed by atoms with Crippen LogP contribution in [0.3, 0.4) is 0 Å². The summed E-state index contributed by atoms with van der Waals surface area (Å²) >= 11 is 1.78. The molecule has 2 aromatic carbocycles. The van der Waals surface area contributed by atoms with Crippen molar-refractivity contribution in [3.63, 3.8) is 0 Å². The van der Waals surface area contributed by atoms with Gasteiger partial charge < -0.3 is 5.32 Å². The Balaban J connectivity index is 1.90. The highest BCUT2D eigenvalue weighted by Crippen LogP contribution is 2.25. The SMILES string of the molecule is CCCCC(=O)Nc1cccc(SCc2ccccc2)c1. The molecule has 0 aromatic heterocycles. The van der Waals surface area contributed by atoms with Gasteiger partial charge in [0.1, 0.15) is 0 Å². The lowest BCUT2D eigenvalue weighted by Gasteiger charge is -2.07. The first-order valence-electron chi connectivity index (χ1n) is 7.34. The van der Waals surface area contributed by atoms with Crippen molar-refractivity contribution in [3.05, 3.63) is 60.2 Å². The Bertz CT molecular complexity index is 568. The minimum atomic E-state index is 0.0991. The summed E-state index contributed by atoms with van der Waals surface area (Å²) in [4.78, 5) is 12.9. The second-order valence-corrected chi connectivity index (χ2v) is 6.00. The third-order valence-corrected chi connectivity index (χ3v) is 4.19. The summed E-state index contributed by atoms with van der Waals surface area (Å²) in [5.74, 6) is 1.04. The van der Waals surface area contributed by atoms with Crippen LogP contribution in [0.25, 0.3) is 0 Å². The van der Waals surface area contributed by atoms with Crippen molar-refractivity contribution in [1.29, 1.82) is 0 Å². The molecule has 0 unspecified atom stereocenters. The second-order valence-electron chi connectivity index (χ2n) is 4.95. The second kappa shape index (κ2) is 8.53. The number of rotatable bonds is 7. The Morgan fingerprint density at radius 1 is 1.10 bits per heavy atom. The summed E-state index contributed by atoms with van der Waals surface area (Å²) < 4.78 is 0. The van der Waals surface area contributed by atoms with Gasteiger partial charge >= 0.3 is 0 Å². The number of unbranched alkanes of at least 4 members (excludes halogenated alkanes) is 1. The summed E-state index contributed by atoms with van der Waals surface area (Å²) in [5, 5.41) is 2.96. The summed E-state index contributed by atoms with van der Waals surface area (Å²) in [6.45, 7) is 2.09. The van der Waals surface area contributed by atoms with E-state index in [1.54, 1.807) is 11.8 Å². The first-order chi connectivity index (χ1) is 10.3. The van der Waals surface area contributed by atoms with E-state index in [1.807, 2.05) is 24.3 Å². The number of carbonyl (C=O) groups excluding carboxylic acids is 1. The Kier molecular flexibility index (Phi) is 6.35. The molecule has 1 amide bonds. The summed E-state index contributed by atoms with van der Waals surface area (Å²) in [6.07, 6.45) is 2.58. The fraction of sp³-hybridized carbons (Fsp3) is 0.278. The summed E-state index contributed by atoms with van der Waals surface area (Å²) in [7, 11) is 0. The first kappa shape index (κ1) is 15.6. The predicted octanol–water partition coefficient (Wildman–Crippen LogP) is 5.11. The van der Waals surface area contributed by atoms with Crippen LogP contribution in [0, 0.1) is 0 Å². The molecule has 2 aromatic rings. The van der Waals surface area contributed by atoms with Crippen molar-refractivity contribution in [3.8, 4) is 0 Å². The van der Waals surface area contributed by atoms with E-state index in [9.17, 15) is 4.79 Å². The number of hydrogen-bond acceptors (Lipinski definition) is 2. The lowest BCUT2D eigenvalue weighted by Crippen LogP contribution is -2.10. The molecule has 0 aliphatic carbocycles. The number of nitrogens with one attached hydrogen (secondary N) is 1. The zero-order chi connectivity index (χ0) is 14.9. The van der Waals surface area contributed by atoms with Gasteiger partial charge in [0.05, 0.1) is 0 Å². The highest BCUT2D eigenvalue weighted by molar-refractivity contribution is 7.98. The van der Waals surface area contributed by atoms with Crippen LogP contribution in [0.4, 0.5) is 5.69 Å². The Morgan fingerprint density at radius 3 is 2.67 bits per heavy atom. The maximum Gasteiger partial charge on any atom is 0.224 e. The molecule has 0 atom stereocenters. The van der Waals surface area contributed by atoms with Crippen LogP contribution in [-0.4, -0.2) is 5.91 Å². The Morgan fingerprint density at radius 2 is 1.90 bits per heavy atom. The standard InChI is InChI=1S/C18H21NOS/c1-2-3-12-18(20)19-16-10-7-11-17(13-16)21-14-15-8-5-4-6-9-15/h4-11,13H,2-3,12,14H2,1H3,(H,19,20). The lowest BCUT2D eigenvalue weighted by molar-refractivity contribution is -0.116. The van der Waals surface area contributed by atoms with Gasteiger partial charge in [-0.05, 0) is 30.2 Å². The first-order valence-corrected chi connectivity index (χ1v) is 8.33. The number of hydrogen-bond donors (Lipinski definition) is 1. The van der Waals surface area contributed by atoms with Gasteiger partial charge in [0, 0.05) is 22.8 Å². The van der Waals surface area contributed by atoms with E-state index in [1.165, 1.54) is 10.5 Å². The van der Waals surface area contributed by atoms with Crippen LogP contribution >= 0.6 is 11.8 Å². The molecule has 2 nitrogen and oxygen atoms in total. The van der Waals surface area contributed by atoms with Crippen molar-refractivity contribution < 1.29 is 4.79 Å². The number of benzene rings is 2. The van der Waals surface area contributed by atoms with Crippen molar-refractivity contribution in [2.24, 2.45) is 0 Å². The Labute approximate surface area is 131 Å². The Hall–Kier alpha value is -1.74. The number of amides is 1. The molecule has 0 aliphatic heterocycles. The van der Waals surface area contributed by atoms with Crippen LogP contribution in [-0.2, 0) is 10.5 Å². The van der Waals surface area contributed by atoms with Crippen LogP contribution < -0.4 is 5.32 Å². The van der Waals surface area contributed by atoms with Crippen molar-refractivity contribution >= 4 is 23.4 Å². The fourth-order valence-electron chi connectivity index (χ4n) is 1.97. The smallest absolute Gasteiger partial charge is 0.224 e. The highest BCUT2D eigenvalue weighted by atomic mass is 32.2. The summed E-state index contributed by atoms with van der Waals surface area (Å²) in [6, 6.07) is 18.4. The van der Waals surface area contributed by atoms with Gasteiger partial charge in [-0.3, -0.25) is 4.79 Å². The van der Waals surface area contributed by atoms with Crippen LogP contribution in [0.2, 0.25) is 0 Å². The third-order valence-electron chi connectivity index (χ3n) is 3.12. The zero-order valence-corrected chi connectivity index (χ0v) is 13.2. The number of carbonyl (C=O) groups is 1. The molecule has 0 saturated heterocycles. The van der Waals surface area contributed by atoms with Crippen molar-refractivity contribution in [2.75, 3.05) is 5.32 Å². The minimum Gasteiger partial charge on any atom is -0.326 e. The topological polar surface area (TPSA) is 29.1 Å². The number of anilines is 1. The highest BCUT2D eigenvalue weighted by Gasteiger charge is 2.03. The van der Waals surface area contributed by atoms with Crippen LogP contribution in [0.1, 0.15) is 31.7 Å². The quantitative estimate of drug-likeness (QED) is 0.720. The average molecular weight is 299 g/mol. The molecule has 21 heavy (non-hydrogen) atoms. The van der Waals surface area contributed by atoms with Gasteiger partial charge in [-0.25, -0.2) is 0 Å². The van der Waals surface area contributed by atoms with Crippen molar-refractivity contribution in [1.82, 2.24) is 0 Å². The fourth-order valence-corrected chi connectivity index (χ4v) is 2.88. The normalized spacial score (nSPS) is 10.3. The minimum absolute atomic E-state index is 0.0991. The van der Waals surface area contributed by atoms with Gasteiger partial charge in [-0.1, -0.05) is 49.7 Å². The van der Waals surface area contributed by atoms with E-state index in [0.29, 0.717) is 6.42 Å². The van der Waals surface area contributed by atoms with Gasteiger partial charge in [0.15, 0.2) is 0 Å². The maximum absolute atomic E-state index is 11.7. The lowest BCUT2D eigenvalue weighted by atomic mass is 10.2. The van der Waals surface area contributed by atoms with Gasteiger partial charge in [-0.2, -0.15) is 0 Å². The van der Waals surface area contributed by atoms with E-state index in [2.05, 4.69) is 42.6 Å². The molecule has 0 saturated carbocycles. The monoisotopic (exact) mass is 299 g/mol. The summed E-state index contributed by atoms with van der Waals surface area (Å²) in [5.41, 5.74) is 2.19. The molecule has 0 fully saturated rings. The molecular formula is C18H21NOS. The predicted molar refractivity (Wildman–Crippen MR) is 90.6 cm³/mol. The molecule has 0 spiro atoms. The average Bonchev–Trinajstić information content (AvgIpc) is 2.52. The van der Waals surface area contributed by atoms with Crippen molar-refractivity contribution in [2.45, 2.75) is 36.8 Å². The number of thioether (sulfide) groups is 1.